The first-order valence-corrected chi connectivity index (χ1v) is 6.71. The lowest BCUT2D eigenvalue weighted by Gasteiger charge is -2.39. The Balaban J connectivity index is 2.18. The number of aliphatic hydroxyl groups is 4. The molecule has 5 atom stereocenters. The summed E-state index contributed by atoms with van der Waals surface area (Å²) in [6.07, 6.45) is -6.71. The molecule has 0 amide bonds. The zero-order chi connectivity index (χ0) is 16.3. The summed E-state index contributed by atoms with van der Waals surface area (Å²) in [6.45, 7) is -0.523. The lowest BCUT2D eigenvalue weighted by molar-refractivity contribution is -0.277. The number of hydrogen-bond donors (Lipinski definition) is 4. The van der Waals surface area contributed by atoms with Gasteiger partial charge in [0, 0.05) is 6.07 Å². The third-order valence-corrected chi connectivity index (χ3v) is 3.46. The number of aliphatic hydroxyl groups excluding tert-OH is 4. The molecule has 1 saturated heterocycles. The molecule has 1 fully saturated rings. The molecular formula is C14H20O8. The lowest BCUT2D eigenvalue weighted by atomic mass is 9.99. The maximum absolute atomic E-state index is 9.94. The average molecular weight is 316 g/mol. The summed E-state index contributed by atoms with van der Waals surface area (Å²) in [5.74, 6) is 1.15. The smallest absolute Gasteiger partial charge is 0.229 e. The Morgan fingerprint density at radius 3 is 2.32 bits per heavy atom. The van der Waals surface area contributed by atoms with Crippen LogP contribution in [0, 0.1) is 0 Å². The summed E-state index contributed by atoms with van der Waals surface area (Å²) in [6, 6.07) is 4.76. The normalized spacial score (nSPS) is 31.6. The van der Waals surface area contributed by atoms with E-state index in [4.69, 9.17) is 24.1 Å². The molecule has 1 aromatic rings. The van der Waals surface area contributed by atoms with Crippen LogP contribution in [0.15, 0.2) is 18.2 Å². The zero-order valence-corrected chi connectivity index (χ0v) is 12.2. The molecular weight excluding hydrogens is 296 g/mol. The van der Waals surface area contributed by atoms with Gasteiger partial charge in [-0.1, -0.05) is 0 Å². The third kappa shape index (κ3) is 3.26. The Labute approximate surface area is 127 Å². The summed E-state index contributed by atoms with van der Waals surface area (Å²) < 4.78 is 21.0. The molecule has 1 aliphatic heterocycles. The van der Waals surface area contributed by atoms with Crippen LogP contribution in [0.5, 0.6) is 17.2 Å². The Bertz CT molecular complexity index is 492. The van der Waals surface area contributed by atoms with E-state index in [9.17, 15) is 15.3 Å². The molecule has 22 heavy (non-hydrogen) atoms. The van der Waals surface area contributed by atoms with E-state index in [1.807, 2.05) is 0 Å². The van der Waals surface area contributed by atoms with E-state index >= 15 is 0 Å². The van der Waals surface area contributed by atoms with Crippen molar-refractivity contribution < 1.29 is 39.4 Å². The van der Waals surface area contributed by atoms with Gasteiger partial charge in [-0.05, 0) is 12.1 Å². The van der Waals surface area contributed by atoms with Gasteiger partial charge in [-0.2, -0.15) is 0 Å². The number of hydrogen-bond acceptors (Lipinski definition) is 8. The fourth-order valence-corrected chi connectivity index (χ4v) is 2.16. The minimum atomic E-state index is -1.50. The van der Waals surface area contributed by atoms with Crippen molar-refractivity contribution in [2.24, 2.45) is 0 Å². The summed E-state index contributed by atoms with van der Waals surface area (Å²) in [4.78, 5) is 0. The van der Waals surface area contributed by atoms with Crippen LogP contribution < -0.4 is 14.2 Å². The van der Waals surface area contributed by atoms with E-state index in [2.05, 4.69) is 0 Å². The second kappa shape index (κ2) is 7.12. The predicted octanol–water partition coefficient (Wildman–Crippen LogP) is -1.12. The van der Waals surface area contributed by atoms with Gasteiger partial charge in [0.15, 0.2) is 11.5 Å². The zero-order valence-electron chi connectivity index (χ0n) is 12.2. The van der Waals surface area contributed by atoms with Crippen molar-refractivity contribution in [2.45, 2.75) is 30.7 Å². The second-order valence-electron chi connectivity index (χ2n) is 4.83. The Morgan fingerprint density at radius 1 is 1.00 bits per heavy atom. The quantitative estimate of drug-likeness (QED) is 0.540. The minimum Gasteiger partial charge on any atom is -0.497 e. The summed E-state index contributed by atoms with van der Waals surface area (Å²) in [5, 5.41) is 38.5. The molecule has 0 aromatic heterocycles. The van der Waals surface area contributed by atoms with Crippen LogP contribution >= 0.6 is 0 Å². The highest BCUT2D eigenvalue weighted by molar-refractivity contribution is 5.45. The molecule has 4 N–H and O–H groups in total. The average Bonchev–Trinajstić information content (AvgIpc) is 2.55. The molecule has 0 unspecified atom stereocenters. The summed E-state index contributed by atoms with van der Waals surface area (Å²) in [5.41, 5.74) is 0. The van der Waals surface area contributed by atoms with Crippen molar-refractivity contribution in [3.05, 3.63) is 18.2 Å². The van der Waals surface area contributed by atoms with Gasteiger partial charge in [-0.25, -0.2) is 0 Å². The second-order valence-corrected chi connectivity index (χ2v) is 4.83. The number of ether oxygens (including phenoxy) is 4. The molecule has 124 valence electrons. The van der Waals surface area contributed by atoms with Crippen molar-refractivity contribution in [1.82, 2.24) is 0 Å². The predicted molar refractivity (Wildman–Crippen MR) is 73.9 cm³/mol. The van der Waals surface area contributed by atoms with Gasteiger partial charge in [0.2, 0.25) is 6.29 Å². The Kier molecular flexibility index (Phi) is 5.43. The van der Waals surface area contributed by atoms with Crippen LogP contribution in [-0.2, 0) is 4.74 Å². The Morgan fingerprint density at radius 2 is 1.73 bits per heavy atom. The van der Waals surface area contributed by atoms with E-state index in [0.29, 0.717) is 11.5 Å². The van der Waals surface area contributed by atoms with Crippen LogP contribution in [0.2, 0.25) is 0 Å². The van der Waals surface area contributed by atoms with Crippen LogP contribution in [0.25, 0.3) is 0 Å². The molecule has 2 rings (SSSR count). The first-order valence-electron chi connectivity index (χ1n) is 6.71. The van der Waals surface area contributed by atoms with Crippen molar-refractivity contribution in [3.63, 3.8) is 0 Å². The highest BCUT2D eigenvalue weighted by Gasteiger charge is 2.44. The van der Waals surface area contributed by atoms with Crippen molar-refractivity contribution in [3.8, 4) is 17.2 Å². The van der Waals surface area contributed by atoms with Gasteiger partial charge in [-0.3, -0.25) is 0 Å². The molecule has 1 heterocycles. The molecule has 0 spiro atoms. The number of benzene rings is 1. The van der Waals surface area contributed by atoms with Gasteiger partial charge in [0.05, 0.1) is 20.8 Å². The highest BCUT2D eigenvalue weighted by atomic mass is 16.7. The lowest BCUT2D eigenvalue weighted by Crippen LogP contribution is -2.60. The standard InChI is InChI=1S/C14H20O8/c1-19-7-3-4-8(9(5-7)20-2)21-14-13(18)12(17)11(16)10(6-15)22-14/h3-5,10-18H,6H2,1-2H3/t10-,11+,12-,13+,14-/m1/s1. The third-order valence-electron chi connectivity index (χ3n) is 3.46. The molecule has 1 aromatic carbocycles. The van der Waals surface area contributed by atoms with Crippen molar-refractivity contribution in [2.75, 3.05) is 20.8 Å². The molecule has 8 nitrogen and oxygen atoms in total. The molecule has 0 bridgehead atoms. The van der Waals surface area contributed by atoms with Crippen LogP contribution in [-0.4, -0.2) is 72.0 Å². The molecule has 0 saturated carbocycles. The topological polar surface area (TPSA) is 118 Å². The van der Waals surface area contributed by atoms with Crippen LogP contribution in [0.4, 0.5) is 0 Å². The fraction of sp³-hybridized carbons (Fsp3) is 0.571. The van der Waals surface area contributed by atoms with E-state index in [1.54, 1.807) is 18.2 Å². The van der Waals surface area contributed by atoms with Crippen LogP contribution in [0.1, 0.15) is 0 Å². The highest BCUT2D eigenvalue weighted by Crippen LogP contribution is 2.33. The summed E-state index contributed by atoms with van der Waals surface area (Å²) >= 11 is 0. The van der Waals surface area contributed by atoms with E-state index in [0.717, 1.165) is 0 Å². The van der Waals surface area contributed by atoms with Gasteiger partial charge in [0.1, 0.15) is 30.2 Å². The summed E-state index contributed by atoms with van der Waals surface area (Å²) in [7, 11) is 2.95. The molecule has 8 heteroatoms. The Hall–Kier alpha value is -1.58. The first kappa shape index (κ1) is 16.8. The van der Waals surface area contributed by atoms with Gasteiger partial charge in [0.25, 0.3) is 0 Å². The van der Waals surface area contributed by atoms with Crippen molar-refractivity contribution in [1.29, 1.82) is 0 Å². The number of rotatable bonds is 5. The first-order chi connectivity index (χ1) is 10.5. The molecule has 0 radical (unpaired) electrons. The monoisotopic (exact) mass is 316 g/mol. The van der Waals surface area contributed by atoms with Gasteiger partial charge < -0.3 is 39.4 Å². The maximum atomic E-state index is 9.94. The van der Waals surface area contributed by atoms with Crippen LogP contribution in [0.3, 0.4) is 0 Å². The minimum absolute atomic E-state index is 0.257. The molecule has 0 aliphatic carbocycles. The van der Waals surface area contributed by atoms with E-state index in [-0.39, 0.29) is 5.75 Å². The molecule has 1 aliphatic rings. The van der Waals surface area contributed by atoms with Gasteiger partial charge in [-0.15, -0.1) is 0 Å². The fourth-order valence-electron chi connectivity index (χ4n) is 2.16. The van der Waals surface area contributed by atoms with E-state index < -0.39 is 37.3 Å². The van der Waals surface area contributed by atoms with Gasteiger partial charge >= 0.3 is 0 Å². The SMILES string of the molecule is COc1ccc(O[C@@H]2O[C@H](CO)[C@H](O)[C@@H](O)[C@@H]2O)c(OC)c1. The number of methoxy groups -OCH3 is 2. The van der Waals surface area contributed by atoms with Crippen molar-refractivity contribution >= 4 is 0 Å². The van der Waals surface area contributed by atoms with E-state index in [1.165, 1.54) is 14.2 Å². The maximum Gasteiger partial charge on any atom is 0.229 e. The largest absolute Gasteiger partial charge is 0.497 e.